The normalized spacial score (nSPS) is 12.5. The van der Waals surface area contributed by atoms with Gasteiger partial charge in [-0.3, -0.25) is 13.9 Å². The summed E-state index contributed by atoms with van der Waals surface area (Å²) in [7, 11) is -3.08. The molecule has 1 atom stereocenters. The number of hydrogen-bond donors (Lipinski definition) is 1. The Morgan fingerprint density at radius 2 is 1.64 bits per heavy atom. The number of aryl methyl sites for hydroxylation is 1. The molecular formula is C27H27BrF3N3O4S. The highest BCUT2D eigenvalue weighted by Gasteiger charge is 2.35. The van der Waals surface area contributed by atoms with Crippen molar-refractivity contribution in [2.75, 3.05) is 17.9 Å². The number of nitrogens with one attached hydrogen (secondary N) is 1. The summed E-state index contributed by atoms with van der Waals surface area (Å²) in [6.07, 6.45) is -4.74. The molecule has 0 saturated heterocycles. The van der Waals surface area contributed by atoms with Gasteiger partial charge < -0.3 is 10.2 Å². The van der Waals surface area contributed by atoms with Crippen molar-refractivity contribution in [3.63, 3.8) is 0 Å². The third-order valence-corrected chi connectivity index (χ3v) is 8.29. The first kappa shape index (κ1) is 30.2. The van der Waals surface area contributed by atoms with Gasteiger partial charge in [-0.05, 0) is 61.9 Å². The molecule has 3 aromatic rings. The van der Waals surface area contributed by atoms with Gasteiger partial charge in [0.1, 0.15) is 12.6 Å². The van der Waals surface area contributed by atoms with Crippen molar-refractivity contribution in [1.29, 1.82) is 0 Å². The van der Waals surface area contributed by atoms with Crippen molar-refractivity contribution >= 4 is 43.5 Å². The molecule has 0 radical (unpaired) electrons. The average Bonchev–Trinajstić information content (AvgIpc) is 2.89. The molecule has 3 rings (SSSR count). The Morgan fingerprint density at radius 3 is 2.23 bits per heavy atom. The lowest BCUT2D eigenvalue weighted by Gasteiger charge is -2.32. The monoisotopic (exact) mass is 625 g/mol. The SMILES string of the molecule is CNC(=O)[C@H](C)N(Cc1cccc(Br)c1)C(=O)CN(c1cccc(C(F)(F)F)c1)S(=O)(=O)c1ccc(C)cc1. The minimum absolute atomic E-state index is 0.0477. The highest BCUT2D eigenvalue weighted by atomic mass is 79.9. The Kier molecular flexibility index (Phi) is 9.44. The number of rotatable bonds is 9. The first-order valence-electron chi connectivity index (χ1n) is 11.8. The fourth-order valence-electron chi connectivity index (χ4n) is 3.83. The van der Waals surface area contributed by atoms with Crippen LogP contribution >= 0.6 is 15.9 Å². The summed E-state index contributed by atoms with van der Waals surface area (Å²) >= 11 is 3.36. The lowest BCUT2D eigenvalue weighted by atomic mass is 10.1. The molecule has 0 bridgehead atoms. The van der Waals surface area contributed by atoms with E-state index in [1.165, 1.54) is 37.1 Å². The molecule has 3 aromatic carbocycles. The first-order valence-corrected chi connectivity index (χ1v) is 14.0. The minimum atomic E-state index is -4.74. The van der Waals surface area contributed by atoms with Gasteiger partial charge in [0.2, 0.25) is 11.8 Å². The topological polar surface area (TPSA) is 86.8 Å². The van der Waals surface area contributed by atoms with Crippen molar-refractivity contribution in [3.05, 3.63) is 94.0 Å². The maximum atomic E-state index is 13.7. The van der Waals surface area contributed by atoms with Crippen LogP contribution in [0, 0.1) is 6.92 Å². The lowest BCUT2D eigenvalue weighted by Crippen LogP contribution is -2.50. The molecule has 208 valence electrons. The van der Waals surface area contributed by atoms with Gasteiger partial charge in [-0.25, -0.2) is 8.42 Å². The smallest absolute Gasteiger partial charge is 0.357 e. The molecule has 0 heterocycles. The molecule has 0 aliphatic carbocycles. The average molecular weight is 626 g/mol. The summed E-state index contributed by atoms with van der Waals surface area (Å²) in [5, 5.41) is 2.47. The maximum Gasteiger partial charge on any atom is 0.416 e. The molecule has 0 aliphatic rings. The molecule has 0 fully saturated rings. The zero-order valence-corrected chi connectivity index (χ0v) is 23.8. The standard InChI is InChI=1S/C27H27BrF3N3O4S/c1-18-10-12-24(13-11-18)39(37,38)34(23-9-5-7-21(15-23)27(29,30)31)17-25(35)33(19(2)26(36)32-3)16-20-6-4-8-22(28)14-20/h4-15,19H,16-17H2,1-3H3,(H,32,36)/t19-/m0/s1. The van der Waals surface area contributed by atoms with Crippen LogP contribution in [0.4, 0.5) is 18.9 Å². The van der Waals surface area contributed by atoms with E-state index in [-0.39, 0.29) is 17.1 Å². The van der Waals surface area contributed by atoms with Gasteiger partial charge in [0, 0.05) is 18.1 Å². The quantitative estimate of drug-likeness (QED) is 0.357. The highest BCUT2D eigenvalue weighted by molar-refractivity contribution is 9.10. The van der Waals surface area contributed by atoms with Crippen LogP contribution in [0.2, 0.25) is 0 Å². The van der Waals surface area contributed by atoms with E-state index in [0.717, 1.165) is 22.2 Å². The zero-order chi connectivity index (χ0) is 29.0. The van der Waals surface area contributed by atoms with Crippen molar-refractivity contribution in [3.8, 4) is 0 Å². The Balaban J connectivity index is 2.10. The molecule has 1 N–H and O–H groups in total. The van der Waals surface area contributed by atoms with Gasteiger partial charge in [-0.1, -0.05) is 51.8 Å². The number of amides is 2. The van der Waals surface area contributed by atoms with Gasteiger partial charge in [-0.15, -0.1) is 0 Å². The summed E-state index contributed by atoms with van der Waals surface area (Å²) in [4.78, 5) is 27.2. The number of alkyl halides is 3. The predicted molar refractivity (Wildman–Crippen MR) is 145 cm³/mol. The van der Waals surface area contributed by atoms with Crippen LogP contribution in [0.3, 0.4) is 0 Å². The Morgan fingerprint density at radius 1 is 1.00 bits per heavy atom. The number of carbonyl (C=O) groups excluding carboxylic acids is 2. The molecule has 0 saturated carbocycles. The summed E-state index contributed by atoms with van der Waals surface area (Å²) < 4.78 is 69.3. The minimum Gasteiger partial charge on any atom is -0.357 e. The van der Waals surface area contributed by atoms with Crippen molar-refractivity contribution < 1.29 is 31.2 Å². The molecule has 0 aliphatic heterocycles. The maximum absolute atomic E-state index is 13.7. The lowest BCUT2D eigenvalue weighted by molar-refractivity contribution is -0.139. The second-order valence-electron chi connectivity index (χ2n) is 8.81. The second kappa shape index (κ2) is 12.2. The molecule has 7 nitrogen and oxygen atoms in total. The van der Waals surface area contributed by atoms with Crippen LogP contribution in [0.1, 0.15) is 23.6 Å². The fraction of sp³-hybridized carbons (Fsp3) is 0.259. The molecule has 0 unspecified atom stereocenters. The van der Waals surface area contributed by atoms with Crippen molar-refractivity contribution in [2.24, 2.45) is 0 Å². The summed E-state index contributed by atoms with van der Waals surface area (Å²) in [5.74, 6) is -1.27. The van der Waals surface area contributed by atoms with Gasteiger partial charge >= 0.3 is 6.18 Å². The number of nitrogens with zero attached hydrogens (tertiary/aromatic N) is 2. The third kappa shape index (κ3) is 7.39. The van der Waals surface area contributed by atoms with Crippen LogP contribution in [0.5, 0.6) is 0 Å². The summed E-state index contributed by atoms with van der Waals surface area (Å²) in [6.45, 7) is 2.35. The third-order valence-electron chi connectivity index (χ3n) is 6.00. The largest absolute Gasteiger partial charge is 0.416 e. The van der Waals surface area contributed by atoms with E-state index in [0.29, 0.717) is 15.9 Å². The number of carbonyl (C=O) groups is 2. The van der Waals surface area contributed by atoms with E-state index >= 15 is 0 Å². The van der Waals surface area contributed by atoms with Crippen molar-refractivity contribution in [2.45, 2.75) is 37.5 Å². The van der Waals surface area contributed by atoms with Crippen molar-refractivity contribution in [1.82, 2.24) is 10.2 Å². The predicted octanol–water partition coefficient (Wildman–Crippen LogP) is 5.13. The van der Waals surface area contributed by atoms with E-state index in [2.05, 4.69) is 21.2 Å². The summed E-state index contributed by atoms with van der Waals surface area (Å²) in [6, 6.07) is 15.5. The van der Waals surface area contributed by atoms with Crippen LogP contribution in [-0.4, -0.2) is 44.8 Å². The van der Waals surface area contributed by atoms with E-state index in [4.69, 9.17) is 0 Å². The Hall–Kier alpha value is -3.38. The fourth-order valence-corrected chi connectivity index (χ4v) is 5.68. The van der Waals surface area contributed by atoms with Crippen LogP contribution < -0.4 is 9.62 Å². The van der Waals surface area contributed by atoms with Gasteiger partial charge in [0.15, 0.2) is 0 Å². The van der Waals surface area contributed by atoms with E-state index in [1.54, 1.807) is 43.3 Å². The number of likely N-dealkylation sites (N-methyl/N-ethyl adjacent to an activating group) is 1. The van der Waals surface area contributed by atoms with Gasteiger partial charge in [0.25, 0.3) is 10.0 Å². The number of sulfonamides is 1. The van der Waals surface area contributed by atoms with Gasteiger partial charge in [-0.2, -0.15) is 13.2 Å². The molecule has 12 heteroatoms. The number of halogens is 4. The van der Waals surface area contributed by atoms with Gasteiger partial charge in [0.05, 0.1) is 16.1 Å². The highest BCUT2D eigenvalue weighted by Crippen LogP contribution is 2.33. The zero-order valence-electron chi connectivity index (χ0n) is 21.4. The van der Waals surface area contributed by atoms with Crippen LogP contribution in [-0.2, 0) is 32.3 Å². The summed E-state index contributed by atoms with van der Waals surface area (Å²) in [5.41, 5.74) is 0.0192. The number of benzene rings is 3. The first-order chi connectivity index (χ1) is 18.2. The molecular weight excluding hydrogens is 599 g/mol. The second-order valence-corrected chi connectivity index (χ2v) is 11.6. The van der Waals surface area contributed by atoms with E-state index in [9.17, 15) is 31.2 Å². The number of hydrogen-bond acceptors (Lipinski definition) is 4. The molecule has 0 spiro atoms. The number of anilines is 1. The van der Waals surface area contributed by atoms with E-state index in [1.807, 2.05) is 0 Å². The Labute approximate surface area is 233 Å². The van der Waals surface area contributed by atoms with Crippen LogP contribution in [0.25, 0.3) is 0 Å². The van der Waals surface area contributed by atoms with Crippen LogP contribution in [0.15, 0.2) is 82.2 Å². The molecule has 0 aromatic heterocycles. The molecule has 2 amide bonds. The Bertz CT molecular complexity index is 1450. The molecule has 39 heavy (non-hydrogen) atoms. The van der Waals surface area contributed by atoms with E-state index < -0.39 is 46.2 Å².